The summed E-state index contributed by atoms with van der Waals surface area (Å²) in [5.41, 5.74) is 3.40. The van der Waals surface area contributed by atoms with Crippen molar-refractivity contribution in [3.8, 4) is 5.75 Å². The average molecular weight is 235 g/mol. The van der Waals surface area contributed by atoms with E-state index in [2.05, 4.69) is 23.2 Å². The van der Waals surface area contributed by atoms with Gasteiger partial charge in [-0.1, -0.05) is 48.5 Å². The van der Waals surface area contributed by atoms with E-state index in [1.54, 1.807) is 6.07 Å². The van der Waals surface area contributed by atoms with Gasteiger partial charge in [0.15, 0.2) is 0 Å². The average Bonchev–Trinajstić information content (AvgIpc) is 2.40. The fourth-order valence-electron chi connectivity index (χ4n) is 2.17. The molecule has 0 aliphatic heterocycles. The minimum atomic E-state index is 0.208. The highest BCUT2D eigenvalue weighted by atomic mass is 16.3. The molecular formula is C16H13NO. The van der Waals surface area contributed by atoms with Crippen molar-refractivity contribution < 1.29 is 5.11 Å². The van der Waals surface area contributed by atoms with Crippen LogP contribution >= 0.6 is 0 Å². The first-order valence-corrected chi connectivity index (χ1v) is 5.93. The molecular weight excluding hydrogens is 222 g/mol. The lowest BCUT2D eigenvalue weighted by molar-refractivity contribution is 0.474. The van der Waals surface area contributed by atoms with E-state index >= 15 is 0 Å². The Kier molecular flexibility index (Phi) is 2.69. The maximum Gasteiger partial charge on any atom is 0.134 e. The molecule has 0 fully saturated rings. The molecule has 2 aromatic carbocycles. The van der Waals surface area contributed by atoms with Crippen LogP contribution in [0.5, 0.6) is 5.75 Å². The molecule has 0 bridgehead atoms. The van der Waals surface area contributed by atoms with E-state index in [9.17, 15) is 5.11 Å². The predicted octanol–water partition coefficient (Wildman–Crippen LogP) is 3.53. The molecule has 0 amide bonds. The third kappa shape index (κ3) is 2.05. The van der Waals surface area contributed by atoms with Crippen LogP contribution < -0.4 is 0 Å². The Morgan fingerprint density at radius 3 is 2.61 bits per heavy atom. The lowest BCUT2D eigenvalue weighted by Crippen LogP contribution is -1.91. The monoisotopic (exact) mass is 235 g/mol. The number of hydrogen-bond acceptors (Lipinski definition) is 2. The molecule has 3 rings (SSSR count). The van der Waals surface area contributed by atoms with Gasteiger partial charge in [-0.2, -0.15) is 0 Å². The molecule has 0 radical (unpaired) electrons. The number of aromatic nitrogens is 1. The normalized spacial score (nSPS) is 10.7. The molecule has 88 valence electrons. The standard InChI is InChI=1S/C16H13NO/c18-15-10-14-8-4-7-13(16(14)17-11-15)9-12-5-2-1-3-6-12/h1-8,10-11,18H,9H2. The number of fused-ring (bicyclic) bond motifs is 1. The fraction of sp³-hybridized carbons (Fsp3) is 0.0625. The van der Waals surface area contributed by atoms with Crippen LogP contribution in [-0.4, -0.2) is 10.1 Å². The van der Waals surface area contributed by atoms with Crippen molar-refractivity contribution >= 4 is 10.9 Å². The first-order valence-electron chi connectivity index (χ1n) is 5.93. The van der Waals surface area contributed by atoms with Crippen LogP contribution in [-0.2, 0) is 6.42 Å². The number of pyridine rings is 1. The van der Waals surface area contributed by atoms with Gasteiger partial charge in [0.1, 0.15) is 5.75 Å². The minimum absolute atomic E-state index is 0.208. The van der Waals surface area contributed by atoms with Crippen molar-refractivity contribution in [2.24, 2.45) is 0 Å². The van der Waals surface area contributed by atoms with E-state index in [1.165, 1.54) is 17.3 Å². The molecule has 0 aliphatic carbocycles. The zero-order chi connectivity index (χ0) is 12.4. The van der Waals surface area contributed by atoms with E-state index in [4.69, 9.17) is 0 Å². The van der Waals surface area contributed by atoms with Crippen LogP contribution in [0.25, 0.3) is 10.9 Å². The molecule has 1 N–H and O–H groups in total. The summed E-state index contributed by atoms with van der Waals surface area (Å²) in [6, 6.07) is 18.1. The second-order valence-corrected chi connectivity index (χ2v) is 4.34. The molecule has 0 unspecified atom stereocenters. The number of hydrogen-bond donors (Lipinski definition) is 1. The second-order valence-electron chi connectivity index (χ2n) is 4.34. The van der Waals surface area contributed by atoms with Crippen LogP contribution in [0, 0.1) is 0 Å². The molecule has 0 aliphatic rings. The molecule has 18 heavy (non-hydrogen) atoms. The number of para-hydroxylation sites is 1. The van der Waals surface area contributed by atoms with Gasteiger partial charge in [-0.05, 0) is 23.6 Å². The molecule has 3 aromatic rings. The molecule has 2 heteroatoms. The highest BCUT2D eigenvalue weighted by molar-refractivity contribution is 5.83. The predicted molar refractivity (Wildman–Crippen MR) is 72.7 cm³/mol. The van der Waals surface area contributed by atoms with Crippen molar-refractivity contribution in [2.45, 2.75) is 6.42 Å². The SMILES string of the molecule is Oc1cnc2c(Cc3ccccc3)cccc2c1. The van der Waals surface area contributed by atoms with Crippen molar-refractivity contribution in [1.29, 1.82) is 0 Å². The lowest BCUT2D eigenvalue weighted by atomic mass is 10.0. The molecule has 0 spiro atoms. The van der Waals surface area contributed by atoms with Gasteiger partial charge in [0, 0.05) is 5.39 Å². The zero-order valence-corrected chi connectivity index (χ0v) is 9.88. The summed E-state index contributed by atoms with van der Waals surface area (Å²) in [7, 11) is 0. The van der Waals surface area contributed by atoms with Gasteiger partial charge in [0.25, 0.3) is 0 Å². The Hall–Kier alpha value is -2.35. The highest BCUT2D eigenvalue weighted by Crippen LogP contribution is 2.22. The van der Waals surface area contributed by atoms with Crippen LogP contribution in [0.4, 0.5) is 0 Å². The number of aromatic hydroxyl groups is 1. The number of benzene rings is 2. The van der Waals surface area contributed by atoms with Crippen molar-refractivity contribution in [3.63, 3.8) is 0 Å². The summed E-state index contributed by atoms with van der Waals surface area (Å²) < 4.78 is 0. The van der Waals surface area contributed by atoms with E-state index in [1.807, 2.05) is 30.3 Å². The topological polar surface area (TPSA) is 33.1 Å². The van der Waals surface area contributed by atoms with Crippen LogP contribution in [0.15, 0.2) is 60.8 Å². The van der Waals surface area contributed by atoms with Crippen LogP contribution in [0.2, 0.25) is 0 Å². The van der Waals surface area contributed by atoms with Gasteiger partial charge in [-0.15, -0.1) is 0 Å². The summed E-state index contributed by atoms with van der Waals surface area (Å²) in [4.78, 5) is 4.33. The summed E-state index contributed by atoms with van der Waals surface area (Å²) in [6.45, 7) is 0. The first-order chi connectivity index (χ1) is 8.83. The summed E-state index contributed by atoms with van der Waals surface area (Å²) in [6.07, 6.45) is 2.35. The highest BCUT2D eigenvalue weighted by Gasteiger charge is 2.04. The largest absolute Gasteiger partial charge is 0.506 e. The summed E-state index contributed by atoms with van der Waals surface area (Å²) in [5.74, 6) is 0.208. The fourth-order valence-corrected chi connectivity index (χ4v) is 2.17. The number of nitrogens with zero attached hydrogens (tertiary/aromatic N) is 1. The lowest BCUT2D eigenvalue weighted by Gasteiger charge is -2.06. The van der Waals surface area contributed by atoms with Crippen molar-refractivity contribution in [1.82, 2.24) is 4.98 Å². The van der Waals surface area contributed by atoms with Gasteiger partial charge in [0.2, 0.25) is 0 Å². The summed E-state index contributed by atoms with van der Waals surface area (Å²) in [5, 5.41) is 10.4. The molecule has 0 saturated carbocycles. The zero-order valence-electron chi connectivity index (χ0n) is 9.88. The number of rotatable bonds is 2. The molecule has 1 aromatic heterocycles. The first kappa shape index (κ1) is 10.8. The summed E-state index contributed by atoms with van der Waals surface area (Å²) >= 11 is 0. The third-order valence-corrected chi connectivity index (χ3v) is 3.02. The van der Waals surface area contributed by atoms with Crippen LogP contribution in [0.3, 0.4) is 0 Å². The Morgan fingerprint density at radius 2 is 1.78 bits per heavy atom. The maximum atomic E-state index is 9.45. The molecule has 0 atom stereocenters. The van der Waals surface area contributed by atoms with Gasteiger partial charge < -0.3 is 5.11 Å². The molecule has 1 heterocycles. The van der Waals surface area contributed by atoms with E-state index in [0.717, 1.165) is 17.3 Å². The smallest absolute Gasteiger partial charge is 0.134 e. The Labute approximate surface area is 106 Å². The maximum absolute atomic E-state index is 9.45. The van der Waals surface area contributed by atoms with E-state index in [-0.39, 0.29) is 5.75 Å². The van der Waals surface area contributed by atoms with Gasteiger partial charge in [-0.3, -0.25) is 4.98 Å². The van der Waals surface area contributed by atoms with E-state index < -0.39 is 0 Å². The van der Waals surface area contributed by atoms with Gasteiger partial charge >= 0.3 is 0 Å². The van der Waals surface area contributed by atoms with Gasteiger partial charge in [-0.25, -0.2) is 0 Å². The Balaban J connectivity index is 2.07. The van der Waals surface area contributed by atoms with Gasteiger partial charge in [0.05, 0.1) is 11.7 Å². The van der Waals surface area contributed by atoms with Crippen molar-refractivity contribution in [2.75, 3.05) is 0 Å². The molecule has 0 saturated heterocycles. The quantitative estimate of drug-likeness (QED) is 0.737. The van der Waals surface area contributed by atoms with E-state index in [0.29, 0.717) is 0 Å². The minimum Gasteiger partial charge on any atom is -0.506 e. The Bertz CT molecular complexity index is 677. The molecule has 2 nitrogen and oxygen atoms in total. The Morgan fingerprint density at radius 1 is 0.944 bits per heavy atom. The third-order valence-electron chi connectivity index (χ3n) is 3.02. The second kappa shape index (κ2) is 4.49. The van der Waals surface area contributed by atoms with Crippen molar-refractivity contribution in [3.05, 3.63) is 71.9 Å². The van der Waals surface area contributed by atoms with Crippen LogP contribution in [0.1, 0.15) is 11.1 Å².